The predicted molar refractivity (Wildman–Crippen MR) is 103 cm³/mol. The molecule has 0 aliphatic carbocycles. The molecule has 0 radical (unpaired) electrons. The summed E-state index contributed by atoms with van der Waals surface area (Å²) in [4.78, 5) is 0. The van der Waals surface area contributed by atoms with Crippen LogP contribution in [-0.2, 0) is 30.7 Å². The molecule has 0 saturated carbocycles. The number of hydrogen-bond donors (Lipinski definition) is 0. The van der Waals surface area contributed by atoms with Gasteiger partial charge >= 0.3 is 18.1 Å². The molecule has 0 fully saturated rings. The summed E-state index contributed by atoms with van der Waals surface area (Å²) in [6.45, 7) is 0. The summed E-state index contributed by atoms with van der Waals surface area (Å²) in [7, 11) is 0.0822. The maximum Gasteiger partial charge on any atom is 0.674 e. The fourth-order valence-electron chi connectivity index (χ4n) is 2.54. The molecule has 0 amide bonds. The van der Waals surface area contributed by atoms with E-state index >= 15 is 0 Å². The standard InChI is InChI=1S/C18H26O7Si2/c1-19-26(20-2,21-3)25-27(22-4,23-5)24-18(16-12-8-6-9-13-16)17-14-10-7-11-15-17/h6-15,18H,1-5H3. The molecule has 0 aliphatic rings. The summed E-state index contributed by atoms with van der Waals surface area (Å²) in [5.74, 6) is 0. The van der Waals surface area contributed by atoms with Gasteiger partial charge in [0.2, 0.25) is 0 Å². The SMILES string of the molecule is CO[Si](OC)(OC)O[Si](OC)(OC)OC(c1ccccc1)c1ccccc1. The van der Waals surface area contributed by atoms with Crippen molar-refractivity contribution in [2.75, 3.05) is 35.5 Å². The van der Waals surface area contributed by atoms with Gasteiger partial charge in [-0.2, -0.15) is 0 Å². The molecule has 0 unspecified atom stereocenters. The topological polar surface area (TPSA) is 64.6 Å². The molecule has 27 heavy (non-hydrogen) atoms. The molecule has 0 bridgehead atoms. The molecule has 0 N–H and O–H groups in total. The normalized spacial score (nSPS) is 12.5. The molecule has 2 rings (SSSR count). The third kappa shape index (κ3) is 5.32. The molecule has 148 valence electrons. The van der Waals surface area contributed by atoms with Crippen molar-refractivity contribution in [2.24, 2.45) is 0 Å². The Labute approximate surface area is 162 Å². The lowest BCUT2D eigenvalue weighted by Crippen LogP contribution is -2.60. The monoisotopic (exact) mass is 410 g/mol. The molecule has 0 atom stereocenters. The third-order valence-corrected chi connectivity index (χ3v) is 8.99. The molecule has 2 aromatic rings. The van der Waals surface area contributed by atoms with Gasteiger partial charge in [0.05, 0.1) is 0 Å². The molecule has 0 aromatic heterocycles. The van der Waals surface area contributed by atoms with Crippen LogP contribution in [0, 0.1) is 0 Å². The van der Waals surface area contributed by atoms with Crippen LogP contribution in [0.1, 0.15) is 17.2 Å². The summed E-state index contributed by atoms with van der Waals surface area (Å²) >= 11 is 0. The van der Waals surface area contributed by atoms with Crippen molar-refractivity contribution in [3.8, 4) is 0 Å². The van der Waals surface area contributed by atoms with E-state index in [0.29, 0.717) is 0 Å². The second kappa shape index (κ2) is 10.2. The van der Waals surface area contributed by atoms with E-state index in [9.17, 15) is 0 Å². The van der Waals surface area contributed by atoms with Crippen molar-refractivity contribution in [3.05, 3.63) is 71.8 Å². The largest absolute Gasteiger partial charge is 0.674 e. The second-order valence-corrected chi connectivity index (χ2v) is 10.5. The number of hydrogen-bond acceptors (Lipinski definition) is 7. The summed E-state index contributed by atoms with van der Waals surface area (Å²) in [6, 6.07) is 19.5. The van der Waals surface area contributed by atoms with E-state index in [0.717, 1.165) is 11.1 Å². The fraction of sp³-hybridized carbons (Fsp3) is 0.333. The van der Waals surface area contributed by atoms with Crippen LogP contribution in [0.4, 0.5) is 0 Å². The Morgan fingerprint density at radius 2 is 0.926 bits per heavy atom. The van der Waals surface area contributed by atoms with Crippen molar-refractivity contribution in [3.63, 3.8) is 0 Å². The van der Waals surface area contributed by atoms with Gasteiger partial charge in [-0.05, 0) is 11.1 Å². The van der Waals surface area contributed by atoms with Crippen LogP contribution in [0.3, 0.4) is 0 Å². The minimum atomic E-state index is -3.68. The first-order valence-corrected chi connectivity index (χ1v) is 11.6. The van der Waals surface area contributed by atoms with Crippen molar-refractivity contribution < 1.29 is 30.7 Å². The quantitative estimate of drug-likeness (QED) is 0.528. The Kier molecular flexibility index (Phi) is 8.29. The highest BCUT2D eigenvalue weighted by Crippen LogP contribution is 2.31. The highest BCUT2D eigenvalue weighted by Gasteiger charge is 2.58. The van der Waals surface area contributed by atoms with Crippen LogP contribution in [0.5, 0.6) is 0 Å². The Morgan fingerprint density at radius 1 is 0.556 bits per heavy atom. The van der Waals surface area contributed by atoms with Gasteiger partial charge in [-0.3, -0.25) is 0 Å². The van der Waals surface area contributed by atoms with Crippen LogP contribution in [0.25, 0.3) is 0 Å². The predicted octanol–water partition coefficient (Wildman–Crippen LogP) is 2.91. The zero-order valence-corrected chi connectivity index (χ0v) is 18.2. The molecule has 0 aliphatic heterocycles. The van der Waals surface area contributed by atoms with E-state index in [1.165, 1.54) is 35.5 Å². The lowest BCUT2D eigenvalue weighted by Gasteiger charge is -2.34. The van der Waals surface area contributed by atoms with E-state index in [1.807, 2.05) is 60.7 Å². The average molecular weight is 411 g/mol. The van der Waals surface area contributed by atoms with Crippen molar-refractivity contribution in [1.82, 2.24) is 0 Å². The van der Waals surface area contributed by atoms with E-state index in [-0.39, 0.29) is 0 Å². The Bertz CT molecular complexity index is 616. The Balaban J connectivity index is 2.42. The minimum Gasteiger partial charge on any atom is -0.355 e. The molecule has 2 aromatic carbocycles. The zero-order valence-electron chi connectivity index (χ0n) is 16.2. The maximum absolute atomic E-state index is 6.34. The van der Waals surface area contributed by atoms with Crippen LogP contribution in [0.2, 0.25) is 0 Å². The van der Waals surface area contributed by atoms with Crippen molar-refractivity contribution in [1.29, 1.82) is 0 Å². The van der Waals surface area contributed by atoms with E-state index in [2.05, 4.69) is 0 Å². The van der Waals surface area contributed by atoms with Gasteiger partial charge in [0.25, 0.3) is 0 Å². The van der Waals surface area contributed by atoms with Gasteiger partial charge in [0.1, 0.15) is 6.10 Å². The summed E-state index contributed by atoms with van der Waals surface area (Å²) in [5, 5.41) is 0. The first-order chi connectivity index (χ1) is 13.1. The van der Waals surface area contributed by atoms with Crippen LogP contribution in [0.15, 0.2) is 60.7 Å². The fourth-order valence-corrected chi connectivity index (χ4v) is 7.05. The highest BCUT2D eigenvalue weighted by atomic mass is 28.5. The maximum atomic E-state index is 6.34. The van der Waals surface area contributed by atoms with Gasteiger partial charge in [-0.15, -0.1) is 0 Å². The molecule has 0 saturated heterocycles. The number of benzene rings is 2. The smallest absolute Gasteiger partial charge is 0.355 e. The van der Waals surface area contributed by atoms with Gasteiger partial charge in [-0.25, -0.2) is 0 Å². The average Bonchev–Trinajstić information content (AvgIpc) is 2.76. The second-order valence-electron chi connectivity index (χ2n) is 5.44. The molecule has 7 nitrogen and oxygen atoms in total. The highest BCUT2D eigenvalue weighted by molar-refractivity contribution is 6.68. The van der Waals surface area contributed by atoms with E-state index in [4.69, 9.17) is 30.7 Å². The molecule has 0 heterocycles. The zero-order chi connectivity index (χ0) is 19.8. The van der Waals surface area contributed by atoms with Gasteiger partial charge < -0.3 is 30.7 Å². The molecular weight excluding hydrogens is 384 g/mol. The first-order valence-electron chi connectivity index (χ1n) is 8.31. The van der Waals surface area contributed by atoms with Crippen LogP contribution in [-0.4, -0.2) is 53.6 Å². The Hall–Kier alpha value is -1.41. The first kappa shape index (κ1) is 21.9. The van der Waals surface area contributed by atoms with Crippen molar-refractivity contribution in [2.45, 2.75) is 6.10 Å². The summed E-state index contributed by atoms with van der Waals surface area (Å²) in [6.07, 6.45) is -0.476. The van der Waals surface area contributed by atoms with E-state index < -0.39 is 24.2 Å². The van der Waals surface area contributed by atoms with Crippen LogP contribution >= 0.6 is 0 Å². The van der Waals surface area contributed by atoms with E-state index in [1.54, 1.807) is 0 Å². The Morgan fingerprint density at radius 3 is 1.26 bits per heavy atom. The summed E-state index contributed by atoms with van der Waals surface area (Å²) in [5.41, 5.74) is 1.86. The molecule has 9 heteroatoms. The number of rotatable bonds is 11. The lowest BCUT2D eigenvalue weighted by molar-refractivity contribution is -0.0446. The third-order valence-electron chi connectivity index (χ3n) is 3.97. The molecule has 0 spiro atoms. The minimum absolute atomic E-state index is 0.476. The van der Waals surface area contributed by atoms with Crippen molar-refractivity contribution >= 4 is 18.1 Å². The molecular formula is C18H26O7Si2. The van der Waals surface area contributed by atoms with Crippen LogP contribution < -0.4 is 0 Å². The van der Waals surface area contributed by atoms with Gasteiger partial charge in [0, 0.05) is 35.5 Å². The van der Waals surface area contributed by atoms with Gasteiger partial charge in [0.15, 0.2) is 0 Å². The summed E-state index contributed by atoms with van der Waals surface area (Å²) < 4.78 is 39.6. The van der Waals surface area contributed by atoms with Gasteiger partial charge in [-0.1, -0.05) is 60.7 Å². The lowest BCUT2D eigenvalue weighted by atomic mass is 10.0.